The van der Waals surface area contributed by atoms with E-state index in [0.717, 1.165) is 0 Å². The lowest BCUT2D eigenvalue weighted by atomic mass is 9.98. The van der Waals surface area contributed by atoms with Crippen LogP contribution in [0.1, 0.15) is 13.8 Å². The van der Waals surface area contributed by atoms with Gasteiger partial charge in [0.2, 0.25) is 0 Å². The summed E-state index contributed by atoms with van der Waals surface area (Å²) in [4.78, 5) is 10.4. The molecule has 0 saturated carbocycles. The Kier molecular flexibility index (Phi) is 9.10. The zero-order valence-corrected chi connectivity index (χ0v) is 15.8. The molecule has 0 aliphatic rings. The molecule has 0 aliphatic heterocycles. The van der Waals surface area contributed by atoms with Gasteiger partial charge in [0.05, 0.1) is 6.61 Å². The number of hydrogen-bond acceptors (Lipinski definition) is 4. The highest BCUT2D eigenvalue weighted by atomic mass is 32.2. The lowest BCUT2D eigenvalue weighted by molar-refractivity contribution is -0.433. The van der Waals surface area contributed by atoms with Gasteiger partial charge in [0.1, 0.15) is 0 Å². The number of primary sulfonamides is 1. The number of sulfonamides is 1. The topological polar surface area (TPSA) is 86.5 Å². The summed E-state index contributed by atoms with van der Waals surface area (Å²) >= 11 is 0. The van der Waals surface area contributed by atoms with Crippen molar-refractivity contribution in [3.8, 4) is 0 Å². The van der Waals surface area contributed by atoms with Gasteiger partial charge in [-0.05, 0) is 13.8 Å². The lowest BCUT2D eigenvalue weighted by Gasteiger charge is -2.38. The molecule has 19 heteroatoms. The Morgan fingerprint density at radius 3 is 1.32 bits per heavy atom. The molecule has 0 aromatic heterocycles. The molecule has 0 bridgehead atoms. The summed E-state index contributed by atoms with van der Waals surface area (Å²) in [5.41, 5.74) is 0.451. The molecule has 0 rings (SSSR count). The minimum atomic E-state index is -8.17. The summed E-state index contributed by atoms with van der Waals surface area (Å²) in [7, 11) is -7.11. The van der Waals surface area contributed by atoms with E-state index in [0.29, 0.717) is 12.2 Å². The first-order chi connectivity index (χ1) is 13.2. The fourth-order valence-corrected chi connectivity index (χ4v) is 1.67. The summed E-state index contributed by atoms with van der Waals surface area (Å²) in [6, 6.07) is 0. The van der Waals surface area contributed by atoms with Crippen LogP contribution in [-0.4, -0.2) is 56.1 Å². The van der Waals surface area contributed by atoms with Crippen LogP contribution in [0.2, 0.25) is 0 Å². The molecule has 186 valence electrons. The van der Waals surface area contributed by atoms with E-state index in [-0.39, 0.29) is 5.97 Å². The standard InChI is InChI=1S/C6H2F13NO2S.C6H10O2/c7-1(8,3(11,12)5(15,16)17)2(9,10)4(13,14)6(18,19)23(20,21)22;1-4-8-6(7)5(2)3/h(H2,20,21,22);2,4H2,1,3H3. The van der Waals surface area contributed by atoms with Gasteiger partial charge in [0, 0.05) is 5.57 Å². The normalized spacial score (nSPS) is 14.5. The highest BCUT2D eigenvalue weighted by Crippen LogP contribution is 2.60. The van der Waals surface area contributed by atoms with Gasteiger partial charge in [0.15, 0.2) is 0 Å². The minimum absolute atomic E-state index is 0.312. The van der Waals surface area contributed by atoms with Gasteiger partial charge < -0.3 is 4.74 Å². The average molecular weight is 513 g/mol. The molecule has 0 fully saturated rings. The van der Waals surface area contributed by atoms with E-state index in [1.54, 1.807) is 13.8 Å². The minimum Gasteiger partial charge on any atom is -0.463 e. The second kappa shape index (κ2) is 8.99. The van der Waals surface area contributed by atoms with Crippen LogP contribution in [0.25, 0.3) is 0 Å². The van der Waals surface area contributed by atoms with Crippen molar-refractivity contribution in [2.45, 2.75) is 49.0 Å². The molecule has 0 radical (unpaired) electrons. The van der Waals surface area contributed by atoms with Gasteiger partial charge in [-0.3, -0.25) is 0 Å². The molecule has 0 aromatic rings. The van der Waals surface area contributed by atoms with Gasteiger partial charge in [-0.1, -0.05) is 6.58 Å². The number of rotatable bonds is 7. The summed E-state index contributed by atoms with van der Waals surface area (Å²) in [6.07, 6.45) is -7.56. The highest BCUT2D eigenvalue weighted by molar-refractivity contribution is 7.90. The number of nitrogens with two attached hydrogens (primary N) is 1. The maximum absolute atomic E-state index is 12.8. The largest absolute Gasteiger partial charge is 0.463 e. The maximum Gasteiger partial charge on any atom is 0.460 e. The van der Waals surface area contributed by atoms with Crippen LogP contribution in [0, 0.1) is 0 Å². The molecular formula is C12H12F13NO4S. The van der Waals surface area contributed by atoms with Gasteiger partial charge in [-0.15, -0.1) is 0 Å². The molecule has 0 heterocycles. The monoisotopic (exact) mass is 513 g/mol. The molecular weight excluding hydrogens is 501 g/mol. The fourth-order valence-electron chi connectivity index (χ4n) is 1.19. The summed E-state index contributed by atoms with van der Waals surface area (Å²) in [6.45, 7) is 7.21. The predicted octanol–water partition coefficient (Wildman–Crippen LogP) is 4.10. The number of esters is 1. The zero-order valence-electron chi connectivity index (χ0n) is 14.9. The number of carbonyl (C=O) groups is 1. The van der Waals surface area contributed by atoms with Crippen molar-refractivity contribution >= 4 is 16.0 Å². The van der Waals surface area contributed by atoms with Crippen LogP contribution in [0.4, 0.5) is 57.1 Å². The third-order valence-electron chi connectivity index (χ3n) is 2.89. The van der Waals surface area contributed by atoms with E-state index in [1.165, 1.54) is 0 Å². The van der Waals surface area contributed by atoms with E-state index in [4.69, 9.17) is 0 Å². The quantitative estimate of drug-likeness (QED) is 0.316. The Balaban J connectivity index is 0. The molecule has 31 heavy (non-hydrogen) atoms. The molecule has 0 aromatic carbocycles. The Bertz CT molecular complexity index is 774. The Morgan fingerprint density at radius 2 is 1.13 bits per heavy atom. The van der Waals surface area contributed by atoms with Crippen molar-refractivity contribution in [3.05, 3.63) is 12.2 Å². The van der Waals surface area contributed by atoms with E-state index in [1.807, 2.05) is 0 Å². The van der Waals surface area contributed by atoms with Crippen LogP contribution in [-0.2, 0) is 19.6 Å². The zero-order chi connectivity index (χ0) is 26.1. The molecule has 0 saturated heterocycles. The first kappa shape index (κ1) is 31.4. The first-order valence-electron chi connectivity index (χ1n) is 6.99. The van der Waals surface area contributed by atoms with E-state index in [2.05, 4.69) is 16.5 Å². The third kappa shape index (κ3) is 5.53. The van der Waals surface area contributed by atoms with Gasteiger partial charge in [-0.25, -0.2) is 18.4 Å². The Hall–Kier alpha value is -1.79. The molecule has 5 nitrogen and oxygen atoms in total. The number of alkyl halides is 13. The van der Waals surface area contributed by atoms with E-state index < -0.39 is 45.1 Å². The number of hydrogen-bond donors (Lipinski definition) is 1. The second-order valence-corrected chi connectivity index (χ2v) is 6.96. The molecule has 0 unspecified atom stereocenters. The van der Waals surface area contributed by atoms with Crippen LogP contribution >= 0.6 is 0 Å². The first-order valence-corrected chi connectivity index (χ1v) is 8.53. The smallest absolute Gasteiger partial charge is 0.460 e. The van der Waals surface area contributed by atoms with Crippen LogP contribution in [0.3, 0.4) is 0 Å². The van der Waals surface area contributed by atoms with Gasteiger partial charge in [-0.2, -0.15) is 57.1 Å². The molecule has 0 atom stereocenters. The van der Waals surface area contributed by atoms with Crippen molar-refractivity contribution in [3.63, 3.8) is 0 Å². The highest BCUT2D eigenvalue weighted by Gasteiger charge is 2.92. The van der Waals surface area contributed by atoms with Crippen LogP contribution in [0.5, 0.6) is 0 Å². The van der Waals surface area contributed by atoms with Crippen molar-refractivity contribution < 1.29 is 75.0 Å². The molecule has 0 amide bonds. The third-order valence-corrected chi connectivity index (χ3v) is 3.86. The summed E-state index contributed by atoms with van der Waals surface area (Å²) in [5, 5.41) is -3.91. The SMILES string of the molecule is C=C(C)C(=O)OCC.NS(=O)(=O)C(F)(F)C(F)(F)C(F)(F)C(F)(F)C(F)(F)C(F)(F)F. The predicted molar refractivity (Wildman–Crippen MR) is 75.3 cm³/mol. The van der Waals surface area contributed by atoms with Gasteiger partial charge >= 0.3 is 41.1 Å². The van der Waals surface area contributed by atoms with Gasteiger partial charge in [0.25, 0.3) is 10.0 Å². The lowest BCUT2D eigenvalue weighted by Crippen LogP contribution is -2.71. The van der Waals surface area contributed by atoms with E-state index >= 15 is 0 Å². The van der Waals surface area contributed by atoms with E-state index in [9.17, 15) is 70.3 Å². The Morgan fingerprint density at radius 1 is 0.806 bits per heavy atom. The van der Waals surface area contributed by atoms with Crippen LogP contribution in [0.15, 0.2) is 12.2 Å². The maximum atomic E-state index is 12.8. The number of carbonyl (C=O) groups excluding carboxylic acids is 1. The van der Waals surface area contributed by atoms with Crippen molar-refractivity contribution in [2.24, 2.45) is 5.14 Å². The second-order valence-electron chi connectivity index (χ2n) is 5.36. The van der Waals surface area contributed by atoms with Crippen molar-refractivity contribution in [1.82, 2.24) is 0 Å². The average Bonchev–Trinajstić information content (AvgIpc) is 2.52. The number of ether oxygens (including phenoxy) is 1. The molecule has 2 N–H and O–H groups in total. The van der Waals surface area contributed by atoms with Crippen molar-refractivity contribution in [2.75, 3.05) is 6.61 Å². The van der Waals surface area contributed by atoms with Crippen LogP contribution < -0.4 is 5.14 Å². The fraction of sp³-hybridized carbons (Fsp3) is 0.750. The van der Waals surface area contributed by atoms with Crippen molar-refractivity contribution in [1.29, 1.82) is 0 Å². The molecule has 0 spiro atoms. The summed E-state index contributed by atoms with van der Waals surface area (Å²) < 4.78 is 186. The Labute approximate surface area is 165 Å². The summed E-state index contributed by atoms with van der Waals surface area (Å²) in [5.74, 6) is -32.5. The molecule has 0 aliphatic carbocycles. The number of halogens is 13.